The molecule has 0 radical (unpaired) electrons. The summed E-state index contributed by atoms with van der Waals surface area (Å²) >= 11 is 0. The molecular formula is C17H30F2N2O4. The van der Waals surface area contributed by atoms with Crippen LogP contribution in [0.15, 0.2) is 0 Å². The third-order valence-electron chi connectivity index (χ3n) is 5.05. The largest absolute Gasteiger partial charge is 0.379 e. The van der Waals surface area contributed by atoms with Gasteiger partial charge in [-0.3, -0.25) is 9.69 Å². The molecule has 2 aliphatic rings. The van der Waals surface area contributed by atoms with E-state index in [1.165, 1.54) is 6.92 Å². The van der Waals surface area contributed by atoms with Crippen LogP contribution in [0, 0.1) is 5.92 Å². The first-order chi connectivity index (χ1) is 11.8. The molecular weight excluding hydrogens is 334 g/mol. The smallest absolute Gasteiger partial charge is 0.248 e. The number of amides is 1. The highest BCUT2D eigenvalue weighted by Crippen LogP contribution is 2.36. The van der Waals surface area contributed by atoms with Crippen LogP contribution in [-0.2, 0) is 14.3 Å². The summed E-state index contributed by atoms with van der Waals surface area (Å²) in [6.07, 6.45) is -0.614. The van der Waals surface area contributed by atoms with Crippen LogP contribution in [0.1, 0.15) is 39.5 Å². The first kappa shape index (κ1) is 20.5. The molecule has 3 unspecified atom stereocenters. The zero-order valence-electron chi connectivity index (χ0n) is 15.0. The summed E-state index contributed by atoms with van der Waals surface area (Å²) in [5.74, 6) is -2.70. The van der Waals surface area contributed by atoms with Gasteiger partial charge in [0.25, 0.3) is 0 Å². The molecule has 1 saturated carbocycles. The molecule has 0 spiro atoms. The molecule has 0 aromatic carbocycles. The lowest BCUT2D eigenvalue weighted by Gasteiger charge is -2.38. The molecule has 0 bridgehead atoms. The van der Waals surface area contributed by atoms with Crippen LogP contribution in [0.2, 0.25) is 0 Å². The summed E-state index contributed by atoms with van der Waals surface area (Å²) in [4.78, 5) is 13.4. The normalized spacial score (nSPS) is 26.0. The van der Waals surface area contributed by atoms with Gasteiger partial charge in [0.15, 0.2) is 0 Å². The standard InChI is InChI=1S/C17H30F2N2O4/c1-12(25-11-14-3-5-17(18,19)6-4-14)15(20-13(2)22)16(23)21-7-9-24-10-8-21/h12,14-16,23H,3-11H2,1-2H3,(H,20,22). The average molecular weight is 364 g/mol. The Morgan fingerprint density at radius 3 is 2.52 bits per heavy atom. The molecule has 1 heterocycles. The number of hydrogen-bond donors (Lipinski definition) is 2. The molecule has 8 heteroatoms. The zero-order chi connectivity index (χ0) is 18.4. The lowest BCUT2D eigenvalue weighted by molar-refractivity contribution is -0.132. The monoisotopic (exact) mass is 364 g/mol. The molecule has 1 amide bonds. The van der Waals surface area contributed by atoms with Crippen molar-refractivity contribution in [1.29, 1.82) is 0 Å². The number of alkyl halides is 2. The van der Waals surface area contributed by atoms with Crippen LogP contribution >= 0.6 is 0 Å². The molecule has 1 aliphatic carbocycles. The Bertz CT molecular complexity index is 423. The van der Waals surface area contributed by atoms with Crippen molar-refractivity contribution in [3.8, 4) is 0 Å². The number of rotatable bonds is 7. The lowest BCUT2D eigenvalue weighted by atomic mass is 9.87. The average Bonchev–Trinajstić information content (AvgIpc) is 2.58. The Morgan fingerprint density at radius 1 is 1.36 bits per heavy atom. The van der Waals surface area contributed by atoms with Gasteiger partial charge >= 0.3 is 0 Å². The third-order valence-corrected chi connectivity index (χ3v) is 5.05. The van der Waals surface area contributed by atoms with Gasteiger partial charge in [-0.15, -0.1) is 0 Å². The van der Waals surface area contributed by atoms with Crippen molar-refractivity contribution in [3.05, 3.63) is 0 Å². The second-order valence-corrected chi connectivity index (χ2v) is 7.13. The summed E-state index contributed by atoms with van der Waals surface area (Å²) in [5, 5.41) is 13.4. The number of morpholine rings is 1. The quantitative estimate of drug-likeness (QED) is 0.714. The number of carbonyl (C=O) groups excluding carboxylic acids is 1. The zero-order valence-corrected chi connectivity index (χ0v) is 15.0. The van der Waals surface area contributed by atoms with Crippen molar-refractivity contribution < 1.29 is 28.2 Å². The lowest BCUT2D eigenvalue weighted by Crippen LogP contribution is -2.58. The van der Waals surface area contributed by atoms with E-state index in [-0.39, 0.29) is 24.7 Å². The number of ether oxygens (including phenoxy) is 2. The minimum atomic E-state index is -2.55. The van der Waals surface area contributed by atoms with E-state index < -0.39 is 24.3 Å². The van der Waals surface area contributed by atoms with E-state index in [0.717, 1.165) is 0 Å². The Hall–Kier alpha value is -0.830. The fraction of sp³-hybridized carbons (Fsp3) is 0.941. The molecule has 1 aliphatic heterocycles. The number of carbonyl (C=O) groups is 1. The van der Waals surface area contributed by atoms with Crippen LogP contribution < -0.4 is 5.32 Å². The number of aliphatic hydroxyl groups is 1. The highest BCUT2D eigenvalue weighted by Gasteiger charge is 2.36. The molecule has 2 rings (SSSR count). The fourth-order valence-electron chi connectivity index (χ4n) is 3.40. The molecule has 6 nitrogen and oxygen atoms in total. The van der Waals surface area contributed by atoms with Crippen molar-refractivity contribution >= 4 is 5.91 Å². The van der Waals surface area contributed by atoms with Crippen LogP contribution in [0.3, 0.4) is 0 Å². The highest BCUT2D eigenvalue weighted by atomic mass is 19.3. The predicted octanol–water partition coefficient (Wildman–Crippen LogP) is 1.37. The summed E-state index contributed by atoms with van der Waals surface area (Å²) in [6.45, 7) is 5.80. The number of hydrogen-bond acceptors (Lipinski definition) is 5. The van der Waals surface area contributed by atoms with Gasteiger partial charge in [-0.25, -0.2) is 8.78 Å². The van der Waals surface area contributed by atoms with Gasteiger partial charge in [0, 0.05) is 39.5 Å². The molecule has 0 aromatic heterocycles. The number of halogens is 2. The van der Waals surface area contributed by atoms with Crippen LogP contribution in [0.5, 0.6) is 0 Å². The van der Waals surface area contributed by atoms with Gasteiger partial charge < -0.3 is 19.9 Å². The third kappa shape index (κ3) is 6.44. The number of nitrogens with one attached hydrogen (secondary N) is 1. The number of nitrogens with zero attached hydrogens (tertiary/aromatic N) is 1. The van der Waals surface area contributed by atoms with Gasteiger partial charge in [-0.05, 0) is 25.7 Å². The summed E-state index contributed by atoms with van der Waals surface area (Å²) < 4.78 is 37.6. The van der Waals surface area contributed by atoms with E-state index in [0.29, 0.717) is 45.8 Å². The topological polar surface area (TPSA) is 71.0 Å². The van der Waals surface area contributed by atoms with Crippen LogP contribution in [0.4, 0.5) is 8.78 Å². The molecule has 25 heavy (non-hydrogen) atoms. The van der Waals surface area contributed by atoms with E-state index in [9.17, 15) is 18.7 Å². The van der Waals surface area contributed by atoms with Gasteiger partial charge in [0.2, 0.25) is 11.8 Å². The van der Waals surface area contributed by atoms with E-state index in [4.69, 9.17) is 9.47 Å². The Balaban J connectivity index is 1.86. The Morgan fingerprint density at radius 2 is 1.96 bits per heavy atom. The minimum Gasteiger partial charge on any atom is -0.379 e. The van der Waals surface area contributed by atoms with Crippen LogP contribution in [-0.4, -0.2) is 73.1 Å². The van der Waals surface area contributed by atoms with E-state index >= 15 is 0 Å². The molecule has 3 atom stereocenters. The Labute approximate surface area is 147 Å². The van der Waals surface area contributed by atoms with Crippen molar-refractivity contribution in [2.24, 2.45) is 5.92 Å². The predicted molar refractivity (Wildman–Crippen MR) is 88.3 cm³/mol. The molecule has 1 saturated heterocycles. The van der Waals surface area contributed by atoms with Gasteiger partial charge in [-0.2, -0.15) is 0 Å². The highest BCUT2D eigenvalue weighted by molar-refractivity contribution is 5.73. The van der Waals surface area contributed by atoms with Crippen molar-refractivity contribution in [3.63, 3.8) is 0 Å². The molecule has 0 aromatic rings. The number of aliphatic hydroxyl groups excluding tert-OH is 1. The van der Waals surface area contributed by atoms with Gasteiger partial charge in [0.1, 0.15) is 6.23 Å². The first-order valence-electron chi connectivity index (χ1n) is 9.05. The second kappa shape index (κ2) is 9.21. The molecule has 2 N–H and O–H groups in total. The maximum Gasteiger partial charge on any atom is 0.248 e. The first-order valence-corrected chi connectivity index (χ1v) is 9.05. The SMILES string of the molecule is CC(=O)NC(C(C)OCC1CCC(F)(F)CC1)C(O)N1CCOCC1. The van der Waals surface area contributed by atoms with Crippen molar-refractivity contribution in [1.82, 2.24) is 10.2 Å². The second-order valence-electron chi connectivity index (χ2n) is 7.13. The summed E-state index contributed by atoms with van der Waals surface area (Å²) in [6, 6.07) is -0.583. The minimum absolute atomic E-state index is 0.0963. The van der Waals surface area contributed by atoms with Gasteiger partial charge in [0.05, 0.1) is 25.4 Å². The maximum absolute atomic E-state index is 13.2. The fourth-order valence-corrected chi connectivity index (χ4v) is 3.40. The van der Waals surface area contributed by atoms with E-state index in [1.807, 2.05) is 4.90 Å². The Kier molecular flexibility index (Phi) is 7.54. The van der Waals surface area contributed by atoms with Crippen molar-refractivity contribution in [2.45, 2.75) is 63.8 Å². The summed E-state index contributed by atoms with van der Waals surface area (Å²) in [5.41, 5.74) is 0. The molecule has 146 valence electrons. The van der Waals surface area contributed by atoms with E-state index in [1.54, 1.807) is 6.92 Å². The summed E-state index contributed by atoms with van der Waals surface area (Å²) in [7, 11) is 0. The van der Waals surface area contributed by atoms with Crippen molar-refractivity contribution in [2.75, 3.05) is 32.9 Å². The maximum atomic E-state index is 13.2. The van der Waals surface area contributed by atoms with Crippen LogP contribution in [0.25, 0.3) is 0 Å². The molecule has 2 fully saturated rings. The van der Waals surface area contributed by atoms with Gasteiger partial charge in [-0.1, -0.05) is 0 Å². The van der Waals surface area contributed by atoms with E-state index in [2.05, 4.69) is 5.32 Å².